The van der Waals surface area contributed by atoms with Gasteiger partial charge in [-0.25, -0.2) is 0 Å². The van der Waals surface area contributed by atoms with Crippen LogP contribution in [0.3, 0.4) is 0 Å². The summed E-state index contributed by atoms with van der Waals surface area (Å²) in [5.41, 5.74) is 2.33. The van der Waals surface area contributed by atoms with Gasteiger partial charge in [0.1, 0.15) is 0 Å². The predicted molar refractivity (Wildman–Crippen MR) is 77.4 cm³/mol. The maximum atomic E-state index is 4.42. The minimum atomic E-state index is 0.756. The molecule has 1 aromatic heterocycles. The van der Waals surface area contributed by atoms with E-state index in [-0.39, 0.29) is 0 Å². The van der Waals surface area contributed by atoms with Gasteiger partial charge in [0.05, 0.1) is 15.9 Å². The second-order valence-corrected chi connectivity index (χ2v) is 7.19. The van der Waals surface area contributed by atoms with Crippen LogP contribution in [0.15, 0.2) is 4.47 Å². The monoisotopic (exact) mass is 363 g/mol. The molecule has 0 unspecified atom stereocenters. The summed E-state index contributed by atoms with van der Waals surface area (Å²) in [5.74, 6) is 0.859. The Balaban J connectivity index is 1.91. The van der Waals surface area contributed by atoms with Crippen molar-refractivity contribution in [3.63, 3.8) is 0 Å². The Morgan fingerprint density at radius 3 is 2.59 bits per heavy atom. The first kappa shape index (κ1) is 13.6. The molecule has 0 bridgehead atoms. The lowest BCUT2D eigenvalue weighted by Gasteiger charge is -2.34. The van der Waals surface area contributed by atoms with Gasteiger partial charge in [0.15, 0.2) is 0 Å². The van der Waals surface area contributed by atoms with Gasteiger partial charge in [0.2, 0.25) is 0 Å². The second kappa shape index (κ2) is 5.41. The molecule has 0 N–H and O–H groups in total. The third kappa shape index (κ3) is 3.12. The van der Waals surface area contributed by atoms with Gasteiger partial charge in [0, 0.05) is 25.0 Å². The molecule has 1 aromatic rings. The highest BCUT2D eigenvalue weighted by molar-refractivity contribution is 9.10. The smallest absolute Gasteiger partial charge is 0.0739 e. The van der Waals surface area contributed by atoms with E-state index in [1.165, 1.54) is 25.1 Å². The van der Waals surface area contributed by atoms with Crippen LogP contribution in [-0.2, 0) is 13.6 Å². The van der Waals surface area contributed by atoms with Crippen molar-refractivity contribution >= 4 is 31.9 Å². The maximum absolute atomic E-state index is 4.42. The molecule has 0 saturated heterocycles. The Labute approximate surface area is 120 Å². The Morgan fingerprint density at radius 2 is 2.12 bits per heavy atom. The van der Waals surface area contributed by atoms with Crippen LogP contribution < -0.4 is 0 Å². The fraction of sp³-hybridized carbons (Fsp3) is 0.750. The Bertz CT molecular complexity index is 397. The van der Waals surface area contributed by atoms with Gasteiger partial charge < -0.3 is 4.90 Å². The zero-order chi connectivity index (χ0) is 12.6. The Hall–Kier alpha value is 0.130. The fourth-order valence-corrected chi connectivity index (χ4v) is 3.93. The van der Waals surface area contributed by atoms with Crippen molar-refractivity contribution in [1.82, 2.24) is 14.7 Å². The molecule has 0 radical (unpaired) electrons. The molecule has 1 aliphatic rings. The highest BCUT2D eigenvalue weighted by Crippen LogP contribution is 2.34. The van der Waals surface area contributed by atoms with Crippen molar-refractivity contribution in [1.29, 1.82) is 0 Å². The number of rotatable bonds is 4. The van der Waals surface area contributed by atoms with E-state index < -0.39 is 0 Å². The lowest BCUT2D eigenvalue weighted by Crippen LogP contribution is -2.34. The predicted octanol–water partition coefficient (Wildman–Crippen LogP) is 3.10. The van der Waals surface area contributed by atoms with Gasteiger partial charge in [-0.3, -0.25) is 4.68 Å². The van der Waals surface area contributed by atoms with Crippen molar-refractivity contribution in [2.75, 3.05) is 13.6 Å². The molecule has 96 valence electrons. The van der Waals surface area contributed by atoms with E-state index in [4.69, 9.17) is 0 Å². The largest absolute Gasteiger partial charge is 0.300 e. The van der Waals surface area contributed by atoms with Gasteiger partial charge >= 0.3 is 0 Å². The molecule has 0 amide bonds. The topological polar surface area (TPSA) is 21.1 Å². The van der Waals surface area contributed by atoms with Crippen LogP contribution in [0.2, 0.25) is 0 Å². The summed E-state index contributed by atoms with van der Waals surface area (Å²) in [6.45, 7) is 4.18. The molecule has 3 nitrogen and oxygen atoms in total. The molecule has 0 atom stereocenters. The SMILES string of the molecule is Cc1nn(C)c(CN(C)CC2CC(Br)C2)c1Br. The van der Waals surface area contributed by atoms with E-state index in [0.29, 0.717) is 0 Å². The van der Waals surface area contributed by atoms with E-state index in [1.807, 2.05) is 18.7 Å². The van der Waals surface area contributed by atoms with Crippen LogP contribution in [-0.4, -0.2) is 33.1 Å². The summed E-state index contributed by atoms with van der Waals surface area (Å²) >= 11 is 7.26. The van der Waals surface area contributed by atoms with Crippen LogP contribution in [0.4, 0.5) is 0 Å². The molecule has 1 saturated carbocycles. The molecule has 5 heteroatoms. The summed E-state index contributed by atoms with van der Waals surface area (Å²) < 4.78 is 3.13. The maximum Gasteiger partial charge on any atom is 0.0739 e. The van der Waals surface area contributed by atoms with Gasteiger partial charge in [-0.2, -0.15) is 5.10 Å². The lowest BCUT2D eigenvalue weighted by atomic mass is 9.85. The summed E-state index contributed by atoms with van der Waals surface area (Å²) in [6, 6.07) is 0. The minimum absolute atomic E-state index is 0.756. The molecular formula is C12H19Br2N3. The lowest BCUT2D eigenvalue weighted by molar-refractivity contribution is 0.204. The summed E-state index contributed by atoms with van der Waals surface area (Å²) in [4.78, 5) is 3.15. The average molecular weight is 365 g/mol. The summed E-state index contributed by atoms with van der Waals surface area (Å²) in [7, 11) is 4.20. The van der Waals surface area contributed by atoms with Crippen LogP contribution in [0, 0.1) is 12.8 Å². The van der Waals surface area contributed by atoms with E-state index in [9.17, 15) is 0 Å². The zero-order valence-corrected chi connectivity index (χ0v) is 13.8. The minimum Gasteiger partial charge on any atom is -0.300 e. The summed E-state index contributed by atoms with van der Waals surface area (Å²) in [6.07, 6.45) is 2.63. The van der Waals surface area contributed by atoms with E-state index in [1.54, 1.807) is 0 Å². The van der Waals surface area contributed by atoms with Gasteiger partial charge in [-0.1, -0.05) is 15.9 Å². The highest BCUT2D eigenvalue weighted by atomic mass is 79.9. The van der Waals surface area contributed by atoms with Crippen molar-refractivity contribution in [3.8, 4) is 0 Å². The normalized spacial score (nSPS) is 24.1. The molecule has 1 aliphatic carbocycles. The zero-order valence-electron chi connectivity index (χ0n) is 10.6. The molecule has 0 spiro atoms. The molecule has 1 heterocycles. The van der Waals surface area contributed by atoms with Gasteiger partial charge in [0.25, 0.3) is 0 Å². The number of aromatic nitrogens is 2. The number of hydrogen-bond acceptors (Lipinski definition) is 2. The third-order valence-electron chi connectivity index (χ3n) is 3.43. The number of aryl methyl sites for hydroxylation is 2. The van der Waals surface area contributed by atoms with Crippen molar-refractivity contribution < 1.29 is 0 Å². The number of nitrogens with zero attached hydrogens (tertiary/aromatic N) is 3. The molecule has 0 aliphatic heterocycles. The van der Waals surface area contributed by atoms with E-state index >= 15 is 0 Å². The van der Waals surface area contributed by atoms with E-state index in [0.717, 1.165) is 27.5 Å². The number of alkyl halides is 1. The number of hydrogen-bond donors (Lipinski definition) is 0. The van der Waals surface area contributed by atoms with Crippen molar-refractivity contribution in [2.24, 2.45) is 13.0 Å². The van der Waals surface area contributed by atoms with Crippen LogP contribution in [0.1, 0.15) is 24.2 Å². The second-order valence-electron chi connectivity index (χ2n) is 5.10. The fourth-order valence-electron chi connectivity index (χ4n) is 2.42. The van der Waals surface area contributed by atoms with Gasteiger partial charge in [-0.15, -0.1) is 0 Å². The first-order chi connectivity index (χ1) is 7.97. The first-order valence-electron chi connectivity index (χ1n) is 5.98. The average Bonchev–Trinajstić information content (AvgIpc) is 2.43. The Morgan fingerprint density at radius 1 is 1.47 bits per heavy atom. The first-order valence-corrected chi connectivity index (χ1v) is 7.68. The van der Waals surface area contributed by atoms with Crippen molar-refractivity contribution in [3.05, 3.63) is 15.9 Å². The summed E-state index contributed by atoms with van der Waals surface area (Å²) in [5, 5.41) is 4.42. The quantitative estimate of drug-likeness (QED) is 0.765. The van der Waals surface area contributed by atoms with Crippen LogP contribution in [0.25, 0.3) is 0 Å². The van der Waals surface area contributed by atoms with Gasteiger partial charge in [-0.05, 0) is 48.7 Å². The highest BCUT2D eigenvalue weighted by Gasteiger charge is 2.27. The van der Waals surface area contributed by atoms with Crippen LogP contribution in [0.5, 0.6) is 0 Å². The third-order valence-corrected chi connectivity index (χ3v) is 5.21. The molecule has 0 aromatic carbocycles. The molecule has 17 heavy (non-hydrogen) atoms. The molecule has 1 fully saturated rings. The molecular weight excluding hydrogens is 346 g/mol. The van der Waals surface area contributed by atoms with E-state index in [2.05, 4.69) is 48.9 Å². The standard InChI is InChI=1S/C12H19Br2N3/c1-8-12(14)11(17(3)15-8)7-16(2)6-9-4-10(13)5-9/h9-10H,4-7H2,1-3H3. The number of halogens is 2. The Kier molecular flexibility index (Phi) is 4.31. The van der Waals surface area contributed by atoms with Crippen LogP contribution >= 0.6 is 31.9 Å². The van der Waals surface area contributed by atoms with Crippen molar-refractivity contribution in [2.45, 2.75) is 31.1 Å². The molecule has 2 rings (SSSR count).